The molecule has 2 N–H and O–H groups in total. The minimum Gasteiger partial charge on any atom is -0.481 e. The number of carboxylic acids is 1. The molecule has 26 heavy (non-hydrogen) atoms. The molecule has 1 amide bonds. The topological polar surface area (TPSA) is 97.1 Å². The molecule has 0 spiro atoms. The summed E-state index contributed by atoms with van der Waals surface area (Å²) >= 11 is 0. The Bertz CT molecular complexity index is 801. The van der Waals surface area contributed by atoms with Crippen molar-refractivity contribution >= 4 is 11.9 Å². The van der Waals surface area contributed by atoms with Crippen molar-refractivity contribution in [1.82, 2.24) is 20.3 Å². The van der Waals surface area contributed by atoms with E-state index in [-0.39, 0.29) is 24.9 Å². The Hall–Kier alpha value is -2.77. The van der Waals surface area contributed by atoms with E-state index in [1.165, 1.54) is 0 Å². The number of benzene rings is 1. The average molecular weight is 360 g/mol. The Labute approximate surface area is 150 Å². The molecule has 0 bridgehead atoms. The van der Waals surface area contributed by atoms with Crippen LogP contribution in [0.15, 0.2) is 30.5 Å². The fraction of sp³-hybridized carbons (Fsp3) is 0.444. The van der Waals surface area contributed by atoms with Crippen molar-refractivity contribution in [1.29, 1.82) is 0 Å². The van der Waals surface area contributed by atoms with Gasteiger partial charge >= 0.3 is 5.97 Å². The van der Waals surface area contributed by atoms with Crippen LogP contribution >= 0.6 is 0 Å². The number of alkyl halides is 1. The van der Waals surface area contributed by atoms with E-state index in [2.05, 4.69) is 15.6 Å². The Kier molecular flexibility index (Phi) is 5.29. The van der Waals surface area contributed by atoms with Crippen LogP contribution in [-0.2, 0) is 16.0 Å². The zero-order valence-electron chi connectivity index (χ0n) is 14.4. The zero-order chi connectivity index (χ0) is 18.7. The van der Waals surface area contributed by atoms with Crippen LogP contribution < -0.4 is 5.32 Å². The summed E-state index contributed by atoms with van der Waals surface area (Å²) in [6, 6.07) is 7.24. The molecule has 7 nitrogen and oxygen atoms in total. The number of hydrogen-bond acceptors (Lipinski definition) is 4. The highest BCUT2D eigenvalue weighted by atomic mass is 19.1. The summed E-state index contributed by atoms with van der Waals surface area (Å²) in [6.07, 6.45) is 1.75. The summed E-state index contributed by atoms with van der Waals surface area (Å²) in [5, 5.41) is 20.0. The van der Waals surface area contributed by atoms with Gasteiger partial charge in [-0.25, -0.2) is 9.07 Å². The minimum atomic E-state index is -1.46. The molecule has 1 atom stereocenters. The Morgan fingerprint density at radius 2 is 2.12 bits per heavy atom. The van der Waals surface area contributed by atoms with Gasteiger partial charge in [0.1, 0.15) is 5.69 Å². The standard InChI is InChI=1S/C18H21FN4O3/c1-2-15(19)18(26)20-12-8-13(9-12)23-10-16(21-22-23)14-6-4-3-5-11(14)7-17(24)25/h3-6,10,12-13,15H,2,7-9H2,1H3,(H,20,26)(H,24,25). The maximum Gasteiger partial charge on any atom is 0.307 e. The van der Waals surface area contributed by atoms with Crippen LogP contribution in [0, 0.1) is 0 Å². The van der Waals surface area contributed by atoms with Gasteiger partial charge in [0, 0.05) is 11.6 Å². The van der Waals surface area contributed by atoms with E-state index in [4.69, 9.17) is 5.11 Å². The minimum absolute atomic E-state index is 0.0516. The molecule has 1 aromatic carbocycles. The highest BCUT2D eigenvalue weighted by Gasteiger charge is 2.33. The predicted molar refractivity (Wildman–Crippen MR) is 92.2 cm³/mol. The zero-order valence-corrected chi connectivity index (χ0v) is 14.4. The van der Waals surface area contributed by atoms with Crippen LogP contribution in [0.25, 0.3) is 11.3 Å². The van der Waals surface area contributed by atoms with Gasteiger partial charge in [-0.1, -0.05) is 36.4 Å². The average Bonchev–Trinajstić information content (AvgIpc) is 3.05. The van der Waals surface area contributed by atoms with Gasteiger partial charge in [-0.2, -0.15) is 0 Å². The fourth-order valence-electron chi connectivity index (χ4n) is 3.06. The smallest absolute Gasteiger partial charge is 0.307 e. The van der Waals surface area contributed by atoms with Crippen LogP contribution in [0.2, 0.25) is 0 Å². The number of aromatic nitrogens is 3. The van der Waals surface area contributed by atoms with E-state index < -0.39 is 18.0 Å². The van der Waals surface area contributed by atoms with Crippen molar-refractivity contribution < 1.29 is 19.1 Å². The molecule has 1 heterocycles. The third kappa shape index (κ3) is 3.89. The van der Waals surface area contributed by atoms with Crippen LogP contribution in [0.5, 0.6) is 0 Å². The van der Waals surface area contributed by atoms with Crippen LogP contribution in [-0.4, -0.2) is 44.2 Å². The number of amides is 1. The third-order valence-electron chi connectivity index (χ3n) is 4.62. The normalized spacial score (nSPS) is 20.2. The van der Waals surface area contributed by atoms with Gasteiger partial charge in [-0.3, -0.25) is 9.59 Å². The largest absolute Gasteiger partial charge is 0.481 e. The summed E-state index contributed by atoms with van der Waals surface area (Å²) in [6.45, 7) is 1.63. The molecule has 3 rings (SSSR count). The third-order valence-corrected chi connectivity index (χ3v) is 4.62. The quantitative estimate of drug-likeness (QED) is 0.788. The first-order valence-electron chi connectivity index (χ1n) is 8.64. The highest BCUT2D eigenvalue weighted by molar-refractivity contribution is 5.80. The number of carbonyl (C=O) groups is 2. The van der Waals surface area contributed by atoms with E-state index in [0.29, 0.717) is 24.1 Å². The van der Waals surface area contributed by atoms with Crippen LogP contribution in [0.4, 0.5) is 4.39 Å². The van der Waals surface area contributed by atoms with Crippen molar-refractivity contribution in [3.8, 4) is 11.3 Å². The summed E-state index contributed by atoms with van der Waals surface area (Å²) in [7, 11) is 0. The highest BCUT2D eigenvalue weighted by Crippen LogP contribution is 2.33. The molecule has 0 aliphatic heterocycles. The summed E-state index contributed by atoms with van der Waals surface area (Å²) < 4.78 is 15.0. The Balaban J connectivity index is 1.64. The monoisotopic (exact) mass is 360 g/mol. The number of rotatable bonds is 7. The summed E-state index contributed by atoms with van der Waals surface area (Å²) in [5.41, 5.74) is 2.04. The molecule has 1 saturated carbocycles. The molecule has 1 unspecified atom stereocenters. The first kappa shape index (κ1) is 18.0. The van der Waals surface area contributed by atoms with Crippen molar-refractivity contribution in [3.05, 3.63) is 36.0 Å². The number of nitrogens with one attached hydrogen (secondary N) is 1. The number of carbonyl (C=O) groups excluding carboxylic acids is 1. The molecule has 1 aromatic heterocycles. The Morgan fingerprint density at radius 1 is 1.38 bits per heavy atom. The first-order chi connectivity index (χ1) is 12.5. The second-order valence-electron chi connectivity index (χ2n) is 6.52. The van der Waals surface area contributed by atoms with Gasteiger partial charge in [-0.05, 0) is 24.8 Å². The lowest BCUT2D eigenvalue weighted by Gasteiger charge is -2.35. The second-order valence-corrected chi connectivity index (χ2v) is 6.52. The predicted octanol–water partition coefficient (Wildman–Crippen LogP) is 2.14. The number of hydrogen-bond donors (Lipinski definition) is 2. The molecule has 0 saturated heterocycles. The van der Waals surface area contributed by atoms with Crippen LogP contribution in [0.1, 0.15) is 37.8 Å². The van der Waals surface area contributed by atoms with E-state index in [0.717, 1.165) is 5.56 Å². The van der Waals surface area contributed by atoms with E-state index >= 15 is 0 Å². The van der Waals surface area contributed by atoms with Crippen molar-refractivity contribution in [3.63, 3.8) is 0 Å². The molecule has 1 aliphatic rings. The lowest BCUT2D eigenvalue weighted by atomic mass is 9.86. The molecule has 2 aromatic rings. The van der Waals surface area contributed by atoms with Crippen LogP contribution in [0.3, 0.4) is 0 Å². The van der Waals surface area contributed by atoms with Gasteiger partial charge in [0.15, 0.2) is 6.17 Å². The Morgan fingerprint density at radius 3 is 2.81 bits per heavy atom. The van der Waals surface area contributed by atoms with Gasteiger partial charge < -0.3 is 10.4 Å². The molecule has 0 radical (unpaired) electrons. The first-order valence-corrected chi connectivity index (χ1v) is 8.64. The molecule has 8 heteroatoms. The second kappa shape index (κ2) is 7.63. The number of aliphatic carboxylic acids is 1. The number of halogens is 1. The molecular formula is C18H21FN4O3. The SMILES string of the molecule is CCC(F)C(=O)NC1CC(n2cc(-c3ccccc3CC(=O)O)nn2)C1. The van der Waals surface area contributed by atoms with Crippen molar-refractivity contribution in [2.75, 3.05) is 0 Å². The van der Waals surface area contributed by atoms with E-state index in [9.17, 15) is 14.0 Å². The molecule has 138 valence electrons. The van der Waals surface area contributed by atoms with Crippen molar-refractivity contribution in [2.45, 2.75) is 50.9 Å². The fourth-order valence-corrected chi connectivity index (χ4v) is 3.06. The lowest BCUT2D eigenvalue weighted by Crippen LogP contribution is -2.47. The summed E-state index contributed by atoms with van der Waals surface area (Å²) in [5.74, 6) is -1.46. The van der Waals surface area contributed by atoms with Crippen molar-refractivity contribution in [2.24, 2.45) is 0 Å². The summed E-state index contributed by atoms with van der Waals surface area (Å²) in [4.78, 5) is 22.6. The van der Waals surface area contributed by atoms with E-state index in [1.807, 2.05) is 12.1 Å². The molecular weight excluding hydrogens is 339 g/mol. The molecule has 1 aliphatic carbocycles. The number of nitrogens with zero attached hydrogens (tertiary/aromatic N) is 3. The maximum atomic E-state index is 13.3. The van der Waals surface area contributed by atoms with Gasteiger partial charge in [0.2, 0.25) is 0 Å². The van der Waals surface area contributed by atoms with Gasteiger partial charge in [0.05, 0.1) is 18.7 Å². The lowest BCUT2D eigenvalue weighted by molar-refractivity contribution is -0.136. The molecule has 1 fully saturated rings. The van der Waals surface area contributed by atoms with E-state index in [1.54, 1.807) is 29.9 Å². The van der Waals surface area contributed by atoms with Gasteiger partial charge in [-0.15, -0.1) is 5.10 Å². The maximum absolute atomic E-state index is 13.3. The number of carboxylic acid groups (broad SMARTS) is 1. The van der Waals surface area contributed by atoms with Gasteiger partial charge in [0.25, 0.3) is 5.91 Å².